The zero-order valence-electron chi connectivity index (χ0n) is 8.72. The van der Waals surface area contributed by atoms with E-state index in [0.29, 0.717) is 12.4 Å². The molecule has 2 aromatic rings. The Balaban J connectivity index is 2.11. The molecule has 0 atom stereocenters. The molecule has 4 nitrogen and oxygen atoms in total. The summed E-state index contributed by atoms with van der Waals surface area (Å²) in [5, 5.41) is 7.63. The van der Waals surface area contributed by atoms with Gasteiger partial charge >= 0.3 is 0 Å². The van der Waals surface area contributed by atoms with E-state index in [4.69, 9.17) is 5.73 Å². The van der Waals surface area contributed by atoms with E-state index in [1.165, 1.54) is 11.1 Å². The number of anilines is 1. The number of nitrogen functional groups attached to an aromatic ring is 1. The molecule has 0 aliphatic rings. The van der Waals surface area contributed by atoms with Gasteiger partial charge in [0.25, 0.3) is 0 Å². The first kappa shape index (κ1) is 9.71. The van der Waals surface area contributed by atoms with Crippen LogP contribution in [0.2, 0.25) is 0 Å². The van der Waals surface area contributed by atoms with Gasteiger partial charge in [0.15, 0.2) is 5.82 Å². The highest BCUT2D eigenvalue weighted by Crippen LogP contribution is 2.06. The van der Waals surface area contributed by atoms with Gasteiger partial charge in [-0.15, -0.1) is 5.10 Å². The zero-order chi connectivity index (χ0) is 10.7. The molecular formula is C11H14N4. The zero-order valence-corrected chi connectivity index (χ0v) is 8.72. The Hall–Kier alpha value is -1.84. The highest BCUT2D eigenvalue weighted by Gasteiger charge is 1.98. The monoisotopic (exact) mass is 202 g/mol. The van der Waals surface area contributed by atoms with Gasteiger partial charge in [0.2, 0.25) is 0 Å². The van der Waals surface area contributed by atoms with Crippen LogP contribution >= 0.6 is 0 Å². The molecule has 1 aromatic carbocycles. The average Bonchev–Trinajstić information content (AvgIpc) is 2.65. The van der Waals surface area contributed by atoms with Gasteiger partial charge in [-0.2, -0.15) is 0 Å². The third-order valence-electron chi connectivity index (χ3n) is 2.33. The molecule has 0 unspecified atom stereocenters. The number of aryl methyl sites for hydroxylation is 1. The van der Waals surface area contributed by atoms with E-state index in [0.717, 1.165) is 6.42 Å². The highest BCUT2D eigenvalue weighted by molar-refractivity contribution is 5.24. The van der Waals surface area contributed by atoms with Crippen LogP contribution in [0.4, 0.5) is 5.82 Å². The minimum Gasteiger partial charge on any atom is -0.381 e. The summed E-state index contributed by atoms with van der Waals surface area (Å²) in [5.74, 6) is 0.458. The summed E-state index contributed by atoms with van der Waals surface area (Å²) < 4.78 is 1.73. The number of aromatic nitrogens is 3. The van der Waals surface area contributed by atoms with E-state index in [1.807, 2.05) is 0 Å². The van der Waals surface area contributed by atoms with Crippen molar-refractivity contribution < 1.29 is 0 Å². The van der Waals surface area contributed by atoms with Crippen molar-refractivity contribution in [2.75, 3.05) is 5.73 Å². The second-order valence-electron chi connectivity index (χ2n) is 3.51. The van der Waals surface area contributed by atoms with Crippen molar-refractivity contribution in [1.29, 1.82) is 0 Å². The first-order valence-electron chi connectivity index (χ1n) is 5.01. The first-order valence-corrected chi connectivity index (χ1v) is 5.01. The quantitative estimate of drug-likeness (QED) is 0.820. The average molecular weight is 202 g/mol. The van der Waals surface area contributed by atoms with Crippen LogP contribution in [0.1, 0.15) is 18.1 Å². The second kappa shape index (κ2) is 4.13. The van der Waals surface area contributed by atoms with Gasteiger partial charge in [0, 0.05) is 0 Å². The van der Waals surface area contributed by atoms with E-state index in [-0.39, 0.29) is 0 Å². The van der Waals surface area contributed by atoms with Gasteiger partial charge in [0.1, 0.15) is 0 Å². The van der Waals surface area contributed by atoms with Crippen LogP contribution in [0, 0.1) is 0 Å². The van der Waals surface area contributed by atoms with Crippen molar-refractivity contribution in [3.63, 3.8) is 0 Å². The van der Waals surface area contributed by atoms with Crippen LogP contribution in [0.25, 0.3) is 0 Å². The third-order valence-corrected chi connectivity index (χ3v) is 2.33. The Kier molecular flexibility index (Phi) is 2.67. The topological polar surface area (TPSA) is 56.7 Å². The van der Waals surface area contributed by atoms with Gasteiger partial charge in [-0.3, -0.25) is 0 Å². The summed E-state index contributed by atoms with van der Waals surface area (Å²) in [6.07, 6.45) is 2.80. The predicted octanol–water partition coefficient (Wildman–Crippen LogP) is 1.47. The molecule has 2 rings (SSSR count). The molecule has 0 radical (unpaired) electrons. The third kappa shape index (κ3) is 2.34. The molecule has 0 aliphatic heterocycles. The number of hydrogen-bond donors (Lipinski definition) is 1. The van der Waals surface area contributed by atoms with Crippen molar-refractivity contribution in [3.05, 3.63) is 41.6 Å². The summed E-state index contributed by atoms with van der Waals surface area (Å²) in [4.78, 5) is 0. The lowest BCUT2D eigenvalue weighted by Gasteiger charge is -2.02. The van der Waals surface area contributed by atoms with E-state index in [9.17, 15) is 0 Å². The van der Waals surface area contributed by atoms with Crippen molar-refractivity contribution >= 4 is 5.82 Å². The Morgan fingerprint density at radius 1 is 1.20 bits per heavy atom. The minimum absolute atomic E-state index is 0.458. The summed E-state index contributed by atoms with van der Waals surface area (Å²) >= 11 is 0. The number of nitrogens with two attached hydrogens (primary N) is 1. The van der Waals surface area contributed by atoms with Gasteiger partial charge in [-0.1, -0.05) is 36.4 Å². The number of rotatable bonds is 3. The smallest absolute Gasteiger partial charge is 0.165 e. The molecule has 0 bridgehead atoms. The van der Waals surface area contributed by atoms with Crippen molar-refractivity contribution in [1.82, 2.24) is 15.0 Å². The van der Waals surface area contributed by atoms with Gasteiger partial charge in [-0.05, 0) is 17.5 Å². The molecule has 15 heavy (non-hydrogen) atoms. The van der Waals surface area contributed by atoms with Crippen LogP contribution in [-0.4, -0.2) is 15.0 Å². The minimum atomic E-state index is 0.458. The van der Waals surface area contributed by atoms with Crippen LogP contribution in [-0.2, 0) is 13.0 Å². The fourth-order valence-electron chi connectivity index (χ4n) is 1.46. The standard InChI is InChI=1S/C11H14N4/c1-2-9-3-5-10(6-4-9)7-15-8-11(12)13-14-15/h3-6,8H,2,7,12H2,1H3. The number of nitrogens with zero attached hydrogens (tertiary/aromatic N) is 3. The summed E-state index contributed by atoms with van der Waals surface area (Å²) in [7, 11) is 0. The fraction of sp³-hybridized carbons (Fsp3) is 0.273. The molecule has 2 N–H and O–H groups in total. The molecule has 0 saturated heterocycles. The lowest BCUT2D eigenvalue weighted by Crippen LogP contribution is -2.00. The molecule has 78 valence electrons. The maximum Gasteiger partial charge on any atom is 0.165 e. The van der Waals surface area contributed by atoms with E-state index in [2.05, 4.69) is 41.5 Å². The molecule has 0 fully saturated rings. The van der Waals surface area contributed by atoms with Crippen LogP contribution in [0.5, 0.6) is 0 Å². The van der Waals surface area contributed by atoms with E-state index < -0.39 is 0 Å². The predicted molar refractivity (Wildman–Crippen MR) is 59.4 cm³/mol. The second-order valence-corrected chi connectivity index (χ2v) is 3.51. The normalized spacial score (nSPS) is 10.5. The van der Waals surface area contributed by atoms with Crippen molar-refractivity contribution in [2.24, 2.45) is 0 Å². The number of benzene rings is 1. The lowest BCUT2D eigenvalue weighted by atomic mass is 10.1. The molecule has 0 saturated carbocycles. The van der Waals surface area contributed by atoms with Gasteiger partial charge in [0.05, 0.1) is 12.7 Å². The fourth-order valence-corrected chi connectivity index (χ4v) is 1.46. The molecule has 0 amide bonds. The maximum absolute atomic E-state index is 5.48. The molecule has 1 heterocycles. The lowest BCUT2D eigenvalue weighted by molar-refractivity contribution is 0.649. The first-order chi connectivity index (χ1) is 7.28. The van der Waals surface area contributed by atoms with Crippen LogP contribution in [0.15, 0.2) is 30.5 Å². The largest absolute Gasteiger partial charge is 0.381 e. The molecule has 0 spiro atoms. The SMILES string of the molecule is CCc1ccc(Cn2cc(N)nn2)cc1. The van der Waals surface area contributed by atoms with E-state index >= 15 is 0 Å². The van der Waals surface area contributed by atoms with Crippen molar-refractivity contribution in [3.8, 4) is 0 Å². The van der Waals surface area contributed by atoms with Crippen LogP contribution < -0.4 is 5.73 Å². The molecular weight excluding hydrogens is 188 g/mol. The highest BCUT2D eigenvalue weighted by atomic mass is 15.4. The van der Waals surface area contributed by atoms with Gasteiger partial charge < -0.3 is 5.73 Å². The van der Waals surface area contributed by atoms with Crippen LogP contribution in [0.3, 0.4) is 0 Å². The van der Waals surface area contributed by atoms with E-state index in [1.54, 1.807) is 10.9 Å². The Labute approximate surface area is 88.7 Å². The number of hydrogen-bond acceptors (Lipinski definition) is 3. The Morgan fingerprint density at radius 3 is 2.40 bits per heavy atom. The van der Waals surface area contributed by atoms with Gasteiger partial charge in [-0.25, -0.2) is 4.68 Å². The molecule has 0 aliphatic carbocycles. The molecule has 4 heteroatoms. The summed E-state index contributed by atoms with van der Waals surface area (Å²) in [5.41, 5.74) is 8.03. The molecule has 1 aromatic heterocycles. The Morgan fingerprint density at radius 2 is 1.87 bits per heavy atom. The van der Waals surface area contributed by atoms with Crippen molar-refractivity contribution in [2.45, 2.75) is 19.9 Å². The summed E-state index contributed by atoms with van der Waals surface area (Å²) in [6, 6.07) is 8.48. The Bertz CT molecular complexity index is 430. The maximum atomic E-state index is 5.48. The summed E-state index contributed by atoms with van der Waals surface area (Å²) in [6.45, 7) is 2.86.